The van der Waals surface area contributed by atoms with Crippen molar-refractivity contribution in [1.82, 2.24) is 0 Å². The number of allylic oxidation sites excluding steroid dienone is 2. The van der Waals surface area contributed by atoms with Crippen molar-refractivity contribution in [2.45, 2.75) is 65.1 Å². The molecular weight excluding hydrogens is 198 g/mol. The number of rotatable bonds is 7. The lowest BCUT2D eigenvalue weighted by molar-refractivity contribution is 0.637. The first-order chi connectivity index (χ1) is 7.02. The van der Waals surface area contributed by atoms with Gasteiger partial charge in [0.25, 0.3) is 0 Å². The van der Waals surface area contributed by atoms with Crippen LogP contribution in [0.3, 0.4) is 0 Å². The molecule has 15 heavy (non-hydrogen) atoms. The minimum Gasteiger partial charge on any atom is -0.193 e. The molecule has 0 aromatic carbocycles. The van der Waals surface area contributed by atoms with E-state index < -0.39 is 8.07 Å². The second-order valence-corrected chi connectivity index (χ2v) is 10.2. The molecule has 0 aliphatic carbocycles. The molecular formula is C13H25NSi. The van der Waals surface area contributed by atoms with Crippen molar-refractivity contribution in [3.05, 3.63) is 11.3 Å². The van der Waals surface area contributed by atoms with Crippen LogP contribution in [0.2, 0.25) is 19.6 Å². The Morgan fingerprint density at radius 1 is 1.13 bits per heavy atom. The lowest BCUT2D eigenvalue weighted by Gasteiger charge is -2.13. The van der Waals surface area contributed by atoms with Gasteiger partial charge in [0.2, 0.25) is 0 Å². The Morgan fingerprint density at radius 3 is 2.20 bits per heavy atom. The molecule has 0 atom stereocenters. The van der Waals surface area contributed by atoms with Crippen molar-refractivity contribution in [1.29, 1.82) is 5.26 Å². The largest absolute Gasteiger partial charge is 0.193 e. The summed E-state index contributed by atoms with van der Waals surface area (Å²) in [5, 5.41) is 10.1. The van der Waals surface area contributed by atoms with Crippen molar-refractivity contribution in [3.63, 3.8) is 0 Å². The molecule has 0 N–H and O–H groups in total. The van der Waals surface area contributed by atoms with E-state index in [0.29, 0.717) is 0 Å². The molecule has 0 bridgehead atoms. The summed E-state index contributed by atoms with van der Waals surface area (Å²) in [6.07, 6.45) is 9.83. The molecule has 1 nitrogen and oxygen atoms in total. The van der Waals surface area contributed by atoms with Gasteiger partial charge in [0.1, 0.15) is 0 Å². The topological polar surface area (TPSA) is 23.8 Å². The maximum Gasteiger partial charge on any atom is 0.0907 e. The maximum absolute atomic E-state index is 9.02. The van der Waals surface area contributed by atoms with Gasteiger partial charge in [-0.25, -0.2) is 0 Å². The molecule has 86 valence electrons. The summed E-state index contributed by atoms with van der Waals surface area (Å²) in [5.74, 6) is 0. The fraction of sp³-hybridized carbons (Fsp3) is 0.769. The molecule has 0 fully saturated rings. The third kappa shape index (κ3) is 7.38. The van der Waals surface area contributed by atoms with E-state index >= 15 is 0 Å². The Labute approximate surface area is 96.2 Å². The van der Waals surface area contributed by atoms with Gasteiger partial charge in [-0.2, -0.15) is 5.26 Å². The van der Waals surface area contributed by atoms with Gasteiger partial charge in [0.05, 0.1) is 14.1 Å². The van der Waals surface area contributed by atoms with Gasteiger partial charge in [-0.05, 0) is 12.8 Å². The predicted octanol–water partition coefficient (Wildman–Crippen LogP) is 4.67. The lowest BCUT2D eigenvalue weighted by atomic mass is 10.1. The summed E-state index contributed by atoms with van der Waals surface area (Å²) in [6, 6.07) is 2.37. The average molecular weight is 223 g/mol. The molecule has 0 spiro atoms. The minimum atomic E-state index is -1.36. The molecule has 0 aliphatic rings. The van der Waals surface area contributed by atoms with Gasteiger partial charge in [-0.3, -0.25) is 0 Å². The van der Waals surface area contributed by atoms with Crippen molar-refractivity contribution < 1.29 is 0 Å². The Morgan fingerprint density at radius 2 is 1.73 bits per heavy atom. The number of nitriles is 1. The Kier molecular flexibility index (Phi) is 7.42. The fourth-order valence-corrected chi connectivity index (χ4v) is 2.61. The van der Waals surface area contributed by atoms with Gasteiger partial charge >= 0.3 is 0 Å². The van der Waals surface area contributed by atoms with E-state index in [9.17, 15) is 0 Å². The second kappa shape index (κ2) is 7.70. The standard InChI is InChI=1S/C13H25NSi/c1-5-6-7-8-9-10-11-13(12-14)15(2,3)4/h11H,5-10H2,1-4H3. The van der Waals surface area contributed by atoms with E-state index in [0.717, 1.165) is 11.6 Å². The Hall–Kier alpha value is -0.553. The van der Waals surface area contributed by atoms with Crippen LogP contribution in [0.1, 0.15) is 45.4 Å². The summed E-state index contributed by atoms with van der Waals surface area (Å²) < 4.78 is 0. The molecule has 0 aromatic heterocycles. The molecule has 0 rings (SSSR count). The van der Waals surface area contributed by atoms with Crippen LogP contribution in [-0.2, 0) is 0 Å². The van der Waals surface area contributed by atoms with E-state index in [1.165, 1.54) is 32.1 Å². The third-order valence-corrected chi connectivity index (χ3v) is 4.52. The highest BCUT2D eigenvalue weighted by Crippen LogP contribution is 2.15. The van der Waals surface area contributed by atoms with Crippen LogP contribution >= 0.6 is 0 Å². The summed E-state index contributed by atoms with van der Waals surface area (Å²) in [4.78, 5) is 0. The van der Waals surface area contributed by atoms with Crippen molar-refractivity contribution in [3.8, 4) is 6.07 Å². The van der Waals surface area contributed by atoms with Gasteiger partial charge in [0.15, 0.2) is 0 Å². The van der Waals surface area contributed by atoms with E-state index in [4.69, 9.17) is 5.26 Å². The van der Waals surface area contributed by atoms with Gasteiger partial charge in [0, 0.05) is 5.20 Å². The molecule has 0 aliphatic heterocycles. The molecule has 2 heteroatoms. The number of nitrogens with zero attached hydrogens (tertiary/aromatic N) is 1. The number of hydrogen-bond acceptors (Lipinski definition) is 1. The van der Waals surface area contributed by atoms with Gasteiger partial charge in [-0.1, -0.05) is 58.3 Å². The zero-order valence-electron chi connectivity index (χ0n) is 10.8. The first-order valence-electron chi connectivity index (χ1n) is 6.13. The van der Waals surface area contributed by atoms with Crippen molar-refractivity contribution in [2.75, 3.05) is 0 Å². The minimum absolute atomic E-state index is 1.07. The predicted molar refractivity (Wildman–Crippen MR) is 70.4 cm³/mol. The zero-order chi connectivity index (χ0) is 11.7. The fourth-order valence-electron chi connectivity index (χ4n) is 1.51. The monoisotopic (exact) mass is 223 g/mol. The van der Waals surface area contributed by atoms with Gasteiger partial charge in [-0.15, -0.1) is 0 Å². The van der Waals surface area contributed by atoms with Crippen LogP contribution in [0.15, 0.2) is 11.3 Å². The van der Waals surface area contributed by atoms with Crippen LogP contribution in [-0.4, -0.2) is 8.07 Å². The number of unbranched alkanes of at least 4 members (excludes halogenated alkanes) is 5. The van der Waals surface area contributed by atoms with E-state index in [-0.39, 0.29) is 0 Å². The third-order valence-electron chi connectivity index (χ3n) is 2.58. The van der Waals surface area contributed by atoms with Crippen LogP contribution in [0.4, 0.5) is 0 Å². The SMILES string of the molecule is CCCCCCCC=C(C#N)[Si](C)(C)C. The summed E-state index contributed by atoms with van der Waals surface area (Å²) in [6.45, 7) is 8.94. The van der Waals surface area contributed by atoms with Crippen molar-refractivity contribution >= 4 is 8.07 Å². The first kappa shape index (κ1) is 14.4. The summed E-state index contributed by atoms with van der Waals surface area (Å²) >= 11 is 0. The van der Waals surface area contributed by atoms with Crippen LogP contribution < -0.4 is 0 Å². The maximum atomic E-state index is 9.02. The van der Waals surface area contributed by atoms with E-state index in [1.807, 2.05) is 0 Å². The highest BCUT2D eigenvalue weighted by atomic mass is 28.3. The smallest absolute Gasteiger partial charge is 0.0907 e. The molecule has 0 heterocycles. The van der Waals surface area contributed by atoms with Crippen molar-refractivity contribution in [2.24, 2.45) is 0 Å². The number of hydrogen-bond donors (Lipinski definition) is 0. The van der Waals surface area contributed by atoms with E-state index in [1.54, 1.807) is 0 Å². The van der Waals surface area contributed by atoms with Crippen LogP contribution in [0.25, 0.3) is 0 Å². The van der Waals surface area contributed by atoms with E-state index in [2.05, 4.69) is 38.7 Å². The lowest BCUT2D eigenvalue weighted by Crippen LogP contribution is -2.22. The van der Waals surface area contributed by atoms with Crippen LogP contribution in [0, 0.1) is 11.3 Å². The highest BCUT2D eigenvalue weighted by molar-refractivity contribution is 6.84. The van der Waals surface area contributed by atoms with Crippen LogP contribution in [0.5, 0.6) is 0 Å². The zero-order valence-corrected chi connectivity index (χ0v) is 11.8. The Bertz CT molecular complexity index is 230. The first-order valence-corrected chi connectivity index (χ1v) is 9.63. The highest BCUT2D eigenvalue weighted by Gasteiger charge is 2.18. The molecule has 0 radical (unpaired) electrons. The van der Waals surface area contributed by atoms with Gasteiger partial charge < -0.3 is 0 Å². The average Bonchev–Trinajstić information content (AvgIpc) is 2.15. The second-order valence-electron chi connectivity index (χ2n) is 5.18. The summed E-state index contributed by atoms with van der Waals surface area (Å²) in [7, 11) is -1.36. The molecule has 0 aromatic rings. The molecule has 0 unspecified atom stereocenters. The molecule has 0 amide bonds. The molecule has 0 saturated heterocycles. The molecule has 0 saturated carbocycles. The Balaban J connectivity index is 3.80. The quantitative estimate of drug-likeness (QED) is 0.349. The normalized spacial score (nSPS) is 12.6. The summed E-state index contributed by atoms with van der Waals surface area (Å²) in [5.41, 5.74) is 0.